The van der Waals surface area contributed by atoms with Gasteiger partial charge in [0.05, 0.1) is 6.61 Å². The molecule has 0 atom stereocenters. The quantitative estimate of drug-likeness (QED) is 0.735. The molecular weight excluding hydrogens is 272 g/mol. The van der Waals surface area contributed by atoms with Gasteiger partial charge in [-0.1, -0.05) is 30.3 Å². The van der Waals surface area contributed by atoms with E-state index in [2.05, 4.69) is 5.32 Å². The number of amides is 2. The molecule has 6 nitrogen and oxygen atoms in total. The summed E-state index contributed by atoms with van der Waals surface area (Å²) in [4.78, 5) is 25.0. The van der Waals surface area contributed by atoms with Crippen LogP contribution in [0.2, 0.25) is 0 Å². The zero-order valence-corrected chi connectivity index (χ0v) is 11.8. The van der Waals surface area contributed by atoms with Crippen LogP contribution in [0.1, 0.15) is 24.8 Å². The molecule has 0 spiro atoms. The van der Waals surface area contributed by atoms with E-state index in [0.29, 0.717) is 19.4 Å². The molecule has 1 aliphatic rings. The zero-order valence-electron chi connectivity index (χ0n) is 11.8. The number of rotatable bonds is 6. The molecule has 6 heteroatoms. The Labute approximate surface area is 123 Å². The van der Waals surface area contributed by atoms with Crippen molar-refractivity contribution >= 4 is 12.0 Å². The average molecular weight is 292 g/mol. The van der Waals surface area contributed by atoms with Crippen molar-refractivity contribution in [2.24, 2.45) is 0 Å². The number of benzene rings is 1. The van der Waals surface area contributed by atoms with Crippen molar-refractivity contribution in [1.82, 2.24) is 10.2 Å². The van der Waals surface area contributed by atoms with Crippen LogP contribution in [-0.2, 0) is 11.3 Å². The van der Waals surface area contributed by atoms with Crippen LogP contribution in [0.15, 0.2) is 30.3 Å². The minimum atomic E-state index is -1.14. The minimum absolute atomic E-state index is 0.163. The van der Waals surface area contributed by atoms with Crippen molar-refractivity contribution in [3.63, 3.8) is 0 Å². The second-order valence-corrected chi connectivity index (χ2v) is 5.30. The molecule has 21 heavy (non-hydrogen) atoms. The molecule has 0 unspecified atom stereocenters. The van der Waals surface area contributed by atoms with Gasteiger partial charge in [0.2, 0.25) is 0 Å². The maximum atomic E-state index is 12.3. The van der Waals surface area contributed by atoms with Gasteiger partial charge in [0, 0.05) is 13.1 Å². The molecule has 0 heterocycles. The summed E-state index contributed by atoms with van der Waals surface area (Å²) in [6.07, 6.45) is 1.70. The van der Waals surface area contributed by atoms with E-state index < -0.39 is 17.5 Å². The lowest BCUT2D eigenvalue weighted by Crippen LogP contribution is -2.61. The summed E-state index contributed by atoms with van der Waals surface area (Å²) >= 11 is 0. The fourth-order valence-corrected chi connectivity index (χ4v) is 2.38. The number of hydrogen-bond acceptors (Lipinski definition) is 3. The van der Waals surface area contributed by atoms with Crippen LogP contribution < -0.4 is 5.32 Å². The highest BCUT2D eigenvalue weighted by molar-refractivity contribution is 5.87. The molecule has 1 fully saturated rings. The van der Waals surface area contributed by atoms with Gasteiger partial charge in [-0.3, -0.25) is 0 Å². The van der Waals surface area contributed by atoms with Crippen molar-refractivity contribution in [3.05, 3.63) is 35.9 Å². The van der Waals surface area contributed by atoms with E-state index >= 15 is 0 Å². The van der Waals surface area contributed by atoms with Crippen molar-refractivity contribution in [2.75, 3.05) is 13.2 Å². The Kier molecular flexibility index (Phi) is 4.80. The molecule has 0 bridgehead atoms. The Morgan fingerprint density at radius 1 is 1.24 bits per heavy atom. The number of carbonyl (C=O) groups excluding carboxylic acids is 1. The predicted octanol–water partition coefficient (Wildman–Crippen LogP) is 1.20. The van der Waals surface area contributed by atoms with E-state index in [9.17, 15) is 14.7 Å². The summed E-state index contributed by atoms with van der Waals surface area (Å²) in [5.74, 6) is -0.995. The fourth-order valence-electron chi connectivity index (χ4n) is 2.38. The number of carboxylic acids is 1. The van der Waals surface area contributed by atoms with Crippen molar-refractivity contribution < 1.29 is 19.8 Å². The number of aliphatic hydroxyl groups is 1. The van der Waals surface area contributed by atoms with E-state index in [1.165, 1.54) is 4.90 Å². The molecule has 2 rings (SSSR count). The second-order valence-electron chi connectivity index (χ2n) is 5.30. The number of nitrogens with zero attached hydrogens (tertiary/aromatic N) is 1. The van der Waals surface area contributed by atoms with Gasteiger partial charge in [-0.15, -0.1) is 0 Å². The van der Waals surface area contributed by atoms with Crippen molar-refractivity contribution in [1.29, 1.82) is 0 Å². The summed E-state index contributed by atoms with van der Waals surface area (Å²) in [5.41, 5.74) is -0.208. The Bertz CT molecular complexity index is 500. The summed E-state index contributed by atoms with van der Waals surface area (Å²) in [6.45, 7) is 0.333. The number of carbonyl (C=O) groups is 2. The van der Waals surface area contributed by atoms with Gasteiger partial charge >= 0.3 is 12.0 Å². The molecule has 1 aromatic rings. The third-order valence-corrected chi connectivity index (χ3v) is 3.84. The third-order valence-electron chi connectivity index (χ3n) is 3.84. The number of nitrogens with one attached hydrogen (secondary N) is 1. The Hall–Kier alpha value is -2.08. The second kappa shape index (κ2) is 6.58. The Morgan fingerprint density at radius 3 is 2.38 bits per heavy atom. The molecule has 1 saturated carbocycles. The molecule has 0 saturated heterocycles. The number of carboxylic acid groups (broad SMARTS) is 1. The Balaban J connectivity index is 2.03. The first-order valence-corrected chi connectivity index (χ1v) is 7.03. The average Bonchev–Trinajstić information content (AvgIpc) is 2.43. The maximum absolute atomic E-state index is 12.3. The van der Waals surface area contributed by atoms with Crippen LogP contribution in [0.25, 0.3) is 0 Å². The summed E-state index contributed by atoms with van der Waals surface area (Å²) in [5, 5.41) is 21.0. The molecule has 0 aromatic heterocycles. The van der Waals surface area contributed by atoms with Crippen LogP contribution in [0.3, 0.4) is 0 Å². The monoisotopic (exact) mass is 292 g/mol. The topological polar surface area (TPSA) is 89.9 Å². The van der Waals surface area contributed by atoms with Crippen LogP contribution in [0.5, 0.6) is 0 Å². The molecule has 114 valence electrons. The lowest BCUT2D eigenvalue weighted by atomic mass is 9.77. The normalized spacial score (nSPS) is 15.9. The van der Waals surface area contributed by atoms with E-state index in [4.69, 9.17) is 5.11 Å². The number of urea groups is 1. The summed E-state index contributed by atoms with van der Waals surface area (Å²) in [6, 6.07) is 8.94. The molecule has 0 radical (unpaired) electrons. The zero-order chi connectivity index (χ0) is 15.3. The molecule has 3 N–H and O–H groups in total. The lowest BCUT2D eigenvalue weighted by molar-refractivity contribution is -0.148. The first-order valence-electron chi connectivity index (χ1n) is 7.03. The van der Waals surface area contributed by atoms with Gasteiger partial charge in [0.15, 0.2) is 0 Å². The highest BCUT2D eigenvalue weighted by atomic mass is 16.4. The Morgan fingerprint density at radius 2 is 1.90 bits per heavy atom. The maximum Gasteiger partial charge on any atom is 0.329 e. The molecule has 1 aromatic carbocycles. The fraction of sp³-hybridized carbons (Fsp3) is 0.467. The highest BCUT2D eigenvalue weighted by Gasteiger charge is 2.46. The van der Waals surface area contributed by atoms with E-state index in [0.717, 1.165) is 12.0 Å². The van der Waals surface area contributed by atoms with Crippen LogP contribution >= 0.6 is 0 Å². The highest BCUT2D eigenvalue weighted by Crippen LogP contribution is 2.32. The largest absolute Gasteiger partial charge is 0.480 e. The molecule has 0 aliphatic heterocycles. The van der Waals surface area contributed by atoms with Crippen molar-refractivity contribution in [3.8, 4) is 0 Å². The van der Waals surface area contributed by atoms with E-state index in [1.54, 1.807) is 0 Å². The minimum Gasteiger partial charge on any atom is -0.480 e. The first-order chi connectivity index (χ1) is 10.1. The van der Waals surface area contributed by atoms with Gasteiger partial charge in [0.25, 0.3) is 0 Å². The van der Waals surface area contributed by atoms with Crippen LogP contribution in [-0.4, -0.2) is 45.8 Å². The molecule has 1 aliphatic carbocycles. The van der Waals surface area contributed by atoms with Gasteiger partial charge in [-0.05, 0) is 24.8 Å². The van der Waals surface area contributed by atoms with Crippen molar-refractivity contribution in [2.45, 2.75) is 31.3 Å². The van der Waals surface area contributed by atoms with Crippen LogP contribution in [0, 0.1) is 0 Å². The van der Waals surface area contributed by atoms with Gasteiger partial charge in [-0.25, -0.2) is 9.59 Å². The third kappa shape index (κ3) is 3.52. The SMILES string of the molecule is O=C(NC1(C(=O)O)CCC1)N(CCO)Cc1ccccc1. The van der Waals surface area contributed by atoms with E-state index in [-0.39, 0.29) is 13.2 Å². The molecule has 2 amide bonds. The summed E-state index contributed by atoms with van der Waals surface area (Å²) in [7, 11) is 0. The number of hydrogen-bond donors (Lipinski definition) is 3. The van der Waals surface area contributed by atoms with Crippen LogP contribution in [0.4, 0.5) is 4.79 Å². The first kappa shape index (κ1) is 15.3. The van der Waals surface area contributed by atoms with Gasteiger partial charge in [-0.2, -0.15) is 0 Å². The molecular formula is C15H20N2O4. The standard InChI is InChI=1S/C15H20N2O4/c18-10-9-17(11-12-5-2-1-3-6-12)14(21)16-15(13(19)20)7-4-8-15/h1-3,5-6,18H,4,7-11H2,(H,16,21)(H,19,20). The predicted molar refractivity (Wildman–Crippen MR) is 76.7 cm³/mol. The van der Waals surface area contributed by atoms with Gasteiger partial charge < -0.3 is 20.4 Å². The van der Waals surface area contributed by atoms with Gasteiger partial charge in [0.1, 0.15) is 5.54 Å². The lowest BCUT2D eigenvalue weighted by Gasteiger charge is -2.39. The number of aliphatic carboxylic acids is 1. The number of aliphatic hydroxyl groups excluding tert-OH is 1. The van der Waals surface area contributed by atoms with E-state index in [1.807, 2.05) is 30.3 Å². The smallest absolute Gasteiger partial charge is 0.329 e. The summed E-state index contributed by atoms with van der Waals surface area (Å²) < 4.78 is 0.